The van der Waals surface area contributed by atoms with Gasteiger partial charge in [0.15, 0.2) is 12.6 Å². The van der Waals surface area contributed by atoms with Crippen molar-refractivity contribution in [3.63, 3.8) is 0 Å². The summed E-state index contributed by atoms with van der Waals surface area (Å²) in [6.45, 7) is 3.78. The van der Waals surface area contributed by atoms with Gasteiger partial charge in [0.2, 0.25) is 0 Å². The molecule has 28 heavy (non-hydrogen) atoms. The summed E-state index contributed by atoms with van der Waals surface area (Å²) in [6.07, 6.45) is 0. The van der Waals surface area contributed by atoms with Crippen molar-refractivity contribution in [1.82, 2.24) is 10.2 Å². The highest BCUT2D eigenvalue weighted by Gasteiger charge is 2.07. The van der Waals surface area contributed by atoms with Crippen LogP contribution in [0.5, 0.6) is 11.5 Å². The minimum Gasteiger partial charge on any atom is -0.494 e. The average molecular weight is 384 g/mol. The van der Waals surface area contributed by atoms with E-state index in [2.05, 4.69) is 10.3 Å². The summed E-state index contributed by atoms with van der Waals surface area (Å²) in [5.74, 6) is 1.75. The third kappa shape index (κ3) is 6.83. The summed E-state index contributed by atoms with van der Waals surface area (Å²) < 4.78 is 10.8. The normalized spacial score (nSPS) is 11.0. The Labute approximate surface area is 166 Å². The number of nitrogens with one attached hydrogen (secondary N) is 1. The number of guanidine groups is 1. The topological polar surface area (TPSA) is 89.2 Å². The van der Waals surface area contributed by atoms with Crippen molar-refractivity contribution >= 4 is 11.9 Å². The van der Waals surface area contributed by atoms with Crippen LogP contribution >= 0.6 is 0 Å². The monoisotopic (exact) mass is 384 g/mol. The van der Waals surface area contributed by atoms with Crippen molar-refractivity contribution in [2.75, 3.05) is 27.3 Å². The van der Waals surface area contributed by atoms with Crippen LogP contribution in [0.3, 0.4) is 0 Å². The Morgan fingerprint density at radius 2 is 1.86 bits per heavy atom. The van der Waals surface area contributed by atoms with Crippen LogP contribution in [-0.4, -0.2) is 44.1 Å². The van der Waals surface area contributed by atoms with Crippen molar-refractivity contribution in [2.45, 2.75) is 20.0 Å². The highest BCUT2D eigenvalue weighted by molar-refractivity contribution is 5.79. The molecule has 0 heterocycles. The Morgan fingerprint density at radius 3 is 2.50 bits per heavy atom. The van der Waals surface area contributed by atoms with Gasteiger partial charge in [0.05, 0.1) is 6.61 Å². The molecule has 2 rings (SSSR count). The number of carbonyl (C=O) groups excluding carboxylic acids is 1. The first-order valence-corrected chi connectivity index (χ1v) is 9.15. The number of ether oxygens (including phenoxy) is 2. The zero-order valence-corrected chi connectivity index (χ0v) is 16.6. The maximum atomic E-state index is 10.8. The zero-order chi connectivity index (χ0) is 20.4. The number of hydrogen-bond donors (Lipinski definition) is 2. The summed E-state index contributed by atoms with van der Waals surface area (Å²) in [5.41, 5.74) is 7.28. The van der Waals surface area contributed by atoms with Crippen LogP contribution in [0.25, 0.3) is 0 Å². The number of amides is 1. The van der Waals surface area contributed by atoms with E-state index >= 15 is 0 Å². The fourth-order valence-electron chi connectivity index (χ4n) is 2.67. The van der Waals surface area contributed by atoms with Gasteiger partial charge in [-0.1, -0.05) is 24.3 Å². The molecule has 0 spiro atoms. The van der Waals surface area contributed by atoms with Crippen LogP contribution < -0.4 is 20.5 Å². The zero-order valence-electron chi connectivity index (χ0n) is 16.6. The minimum absolute atomic E-state index is 0.136. The lowest BCUT2D eigenvalue weighted by Crippen LogP contribution is -2.38. The molecular weight excluding hydrogens is 356 g/mol. The van der Waals surface area contributed by atoms with Gasteiger partial charge >= 0.3 is 0 Å². The molecule has 2 aromatic carbocycles. The molecule has 0 aliphatic heterocycles. The van der Waals surface area contributed by atoms with Gasteiger partial charge in [0, 0.05) is 27.2 Å². The minimum atomic E-state index is -0.500. The Balaban J connectivity index is 1.91. The van der Waals surface area contributed by atoms with Crippen molar-refractivity contribution in [3.05, 3.63) is 59.7 Å². The van der Waals surface area contributed by atoms with E-state index in [1.54, 1.807) is 13.1 Å². The quantitative estimate of drug-likeness (QED) is 0.511. The summed E-state index contributed by atoms with van der Waals surface area (Å²) in [7, 11) is 3.74. The molecule has 0 saturated heterocycles. The average Bonchev–Trinajstić information content (AvgIpc) is 2.69. The van der Waals surface area contributed by atoms with Gasteiger partial charge in [0.25, 0.3) is 5.91 Å². The molecule has 7 nitrogen and oxygen atoms in total. The highest BCUT2D eigenvalue weighted by atomic mass is 16.5. The summed E-state index contributed by atoms with van der Waals surface area (Å²) >= 11 is 0. The lowest BCUT2D eigenvalue weighted by atomic mass is 10.2. The number of aliphatic imine (C=N–C) groups is 1. The van der Waals surface area contributed by atoms with E-state index in [0.717, 1.165) is 22.8 Å². The van der Waals surface area contributed by atoms with E-state index in [9.17, 15) is 4.79 Å². The van der Waals surface area contributed by atoms with Crippen LogP contribution in [0.15, 0.2) is 53.5 Å². The van der Waals surface area contributed by atoms with Gasteiger partial charge in [-0.25, -0.2) is 0 Å². The second-order valence-electron chi connectivity index (χ2n) is 6.24. The molecule has 0 aromatic heterocycles. The molecule has 0 unspecified atom stereocenters. The second kappa shape index (κ2) is 10.8. The molecule has 0 aliphatic carbocycles. The highest BCUT2D eigenvalue weighted by Crippen LogP contribution is 2.14. The first-order chi connectivity index (χ1) is 13.5. The number of nitrogens with zero attached hydrogens (tertiary/aromatic N) is 2. The van der Waals surface area contributed by atoms with E-state index in [-0.39, 0.29) is 6.61 Å². The number of hydrogen-bond acceptors (Lipinski definition) is 4. The Bertz CT molecular complexity index is 790. The lowest BCUT2D eigenvalue weighted by molar-refractivity contribution is -0.119. The fourth-order valence-corrected chi connectivity index (χ4v) is 2.67. The molecule has 3 N–H and O–H groups in total. The summed E-state index contributed by atoms with van der Waals surface area (Å²) in [4.78, 5) is 17.2. The predicted octanol–water partition coefficient (Wildman–Crippen LogP) is 2.16. The number of primary amides is 1. The molecule has 1 amide bonds. The Morgan fingerprint density at radius 1 is 1.11 bits per heavy atom. The van der Waals surface area contributed by atoms with E-state index in [1.165, 1.54) is 0 Å². The van der Waals surface area contributed by atoms with Gasteiger partial charge in [-0.2, -0.15) is 0 Å². The third-order valence-corrected chi connectivity index (χ3v) is 3.96. The molecule has 0 bridgehead atoms. The summed E-state index contributed by atoms with van der Waals surface area (Å²) in [6, 6.07) is 15.6. The second-order valence-corrected chi connectivity index (χ2v) is 6.24. The Kier molecular flexibility index (Phi) is 8.14. The molecule has 2 aromatic rings. The molecule has 7 heteroatoms. The summed E-state index contributed by atoms with van der Waals surface area (Å²) in [5, 5.41) is 3.33. The van der Waals surface area contributed by atoms with Crippen LogP contribution in [0.2, 0.25) is 0 Å². The van der Waals surface area contributed by atoms with Crippen molar-refractivity contribution in [3.8, 4) is 11.5 Å². The molecule has 0 saturated carbocycles. The number of nitrogens with two attached hydrogens (primary N) is 1. The SMILES string of the molecule is CCOc1ccc(CN(C)C(=NC)NCc2cccc(OCC(N)=O)c2)cc1. The van der Waals surface area contributed by atoms with E-state index in [4.69, 9.17) is 15.2 Å². The molecule has 0 atom stereocenters. The van der Waals surface area contributed by atoms with Crippen LogP contribution in [-0.2, 0) is 17.9 Å². The van der Waals surface area contributed by atoms with Gasteiger partial charge in [-0.3, -0.25) is 9.79 Å². The van der Waals surface area contributed by atoms with E-state index in [0.29, 0.717) is 25.4 Å². The van der Waals surface area contributed by atoms with E-state index < -0.39 is 5.91 Å². The number of rotatable bonds is 9. The maximum Gasteiger partial charge on any atom is 0.255 e. The molecule has 150 valence electrons. The third-order valence-electron chi connectivity index (χ3n) is 3.96. The van der Waals surface area contributed by atoms with Gasteiger partial charge in [-0.05, 0) is 42.3 Å². The van der Waals surface area contributed by atoms with Crippen molar-refractivity contribution < 1.29 is 14.3 Å². The van der Waals surface area contributed by atoms with E-state index in [1.807, 2.05) is 61.3 Å². The largest absolute Gasteiger partial charge is 0.494 e. The fraction of sp³-hybridized carbons (Fsp3) is 0.333. The van der Waals surface area contributed by atoms with Gasteiger partial charge in [0.1, 0.15) is 11.5 Å². The molecular formula is C21H28N4O3. The standard InChI is InChI=1S/C21H28N4O3/c1-4-27-18-10-8-16(9-11-18)14-25(3)21(23-2)24-13-17-6-5-7-19(12-17)28-15-20(22)26/h5-12H,4,13-15H2,1-3H3,(H2,22,26)(H,23,24). The van der Waals surface area contributed by atoms with Crippen LogP contribution in [0, 0.1) is 0 Å². The molecule has 0 radical (unpaired) electrons. The predicted molar refractivity (Wildman–Crippen MR) is 110 cm³/mol. The number of benzene rings is 2. The van der Waals surface area contributed by atoms with Gasteiger partial charge in [-0.15, -0.1) is 0 Å². The molecule has 0 aliphatic rings. The lowest BCUT2D eigenvalue weighted by Gasteiger charge is -2.22. The van der Waals surface area contributed by atoms with Crippen LogP contribution in [0.1, 0.15) is 18.1 Å². The number of carbonyl (C=O) groups is 1. The van der Waals surface area contributed by atoms with Crippen LogP contribution in [0.4, 0.5) is 0 Å². The van der Waals surface area contributed by atoms with Crippen molar-refractivity contribution in [1.29, 1.82) is 0 Å². The Hall–Kier alpha value is -3.22. The first-order valence-electron chi connectivity index (χ1n) is 9.15. The maximum absolute atomic E-state index is 10.8. The van der Waals surface area contributed by atoms with Crippen molar-refractivity contribution in [2.24, 2.45) is 10.7 Å². The molecule has 0 fully saturated rings. The van der Waals surface area contributed by atoms with Gasteiger partial charge < -0.3 is 25.4 Å². The first kappa shape index (κ1) is 21.1. The smallest absolute Gasteiger partial charge is 0.255 e.